The van der Waals surface area contributed by atoms with E-state index in [0.29, 0.717) is 10.8 Å². The summed E-state index contributed by atoms with van der Waals surface area (Å²) >= 11 is 8.39. The quantitative estimate of drug-likeness (QED) is 0.258. The summed E-state index contributed by atoms with van der Waals surface area (Å²) in [7, 11) is 0. The summed E-state index contributed by atoms with van der Waals surface area (Å²) in [5.74, 6) is -0.271. The number of carbonyl (C=O) groups excluding carboxylic acids is 1. The Morgan fingerprint density at radius 1 is 1.41 bits per heavy atom. The van der Waals surface area contributed by atoms with Gasteiger partial charge in [-0.05, 0) is 34.2 Å². The largest absolute Gasteiger partial charge is 0.370 e. The number of rotatable bonds is 5. The molecule has 2 rings (SSSR count). The summed E-state index contributed by atoms with van der Waals surface area (Å²) in [6, 6.07) is 1.69. The van der Waals surface area contributed by atoms with Gasteiger partial charge in [-0.3, -0.25) is 15.6 Å². The van der Waals surface area contributed by atoms with Crippen molar-refractivity contribution in [1.82, 2.24) is 21.2 Å². The van der Waals surface area contributed by atoms with E-state index in [0.717, 1.165) is 50.3 Å². The zero-order valence-electron chi connectivity index (χ0n) is 12.2. The minimum atomic E-state index is -0.271. The first kappa shape index (κ1) is 17.2. The van der Waals surface area contributed by atoms with Crippen LogP contribution >= 0.6 is 28.1 Å². The van der Waals surface area contributed by atoms with E-state index in [1.807, 2.05) is 0 Å². The number of thiocarbonyl (C=S) groups is 1. The summed E-state index contributed by atoms with van der Waals surface area (Å²) in [4.78, 5) is 16.2. The molecule has 0 atom stereocenters. The second-order valence-corrected chi connectivity index (χ2v) is 6.36. The van der Waals surface area contributed by atoms with Crippen LogP contribution in [0.1, 0.15) is 16.9 Å². The van der Waals surface area contributed by atoms with E-state index in [1.54, 1.807) is 17.2 Å². The molecule has 9 heteroatoms. The maximum absolute atomic E-state index is 11.8. The van der Waals surface area contributed by atoms with Crippen molar-refractivity contribution in [1.29, 1.82) is 0 Å². The molecule has 1 amide bonds. The van der Waals surface area contributed by atoms with Crippen LogP contribution in [0.15, 0.2) is 16.7 Å². The van der Waals surface area contributed by atoms with Gasteiger partial charge >= 0.3 is 0 Å². The molecule has 0 saturated carbocycles. The number of carbonyl (C=O) groups is 1. The summed E-state index contributed by atoms with van der Waals surface area (Å²) in [6.07, 6.45) is 2.72. The molecule has 7 nitrogen and oxygen atoms in total. The molecule has 122 valence electrons. The number of H-pyrrole nitrogens is 1. The van der Waals surface area contributed by atoms with Crippen LogP contribution in [-0.4, -0.2) is 55.4 Å². The summed E-state index contributed by atoms with van der Waals surface area (Å²) < 4.78 is 6.15. The Balaban J connectivity index is 1.55. The fourth-order valence-electron chi connectivity index (χ4n) is 2.17. The van der Waals surface area contributed by atoms with Crippen LogP contribution in [0, 0.1) is 0 Å². The Hall–Kier alpha value is -1.16. The van der Waals surface area contributed by atoms with E-state index < -0.39 is 0 Å². The van der Waals surface area contributed by atoms with Gasteiger partial charge in [0.25, 0.3) is 5.91 Å². The smallest absolute Gasteiger partial charge is 0.286 e. The van der Waals surface area contributed by atoms with Crippen LogP contribution in [0.3, 0.4) is 0 Å². The zero-order chi connectivity index (χ0) is 15.8. The van der Waals surface area contributed by atoms with Gasteiger partial charge in [-0.25, -0.2) is 0 Å². The van der Waals surface area contributed by atoms with Crippen molar-refractivity contribution < 1.29 is 14.4 Å². The highest BCUT2D eigenvalue weighted by Crippen LogP contribution is 2.09. The highest BCUT2D eigenvalue weighted by molar-refractivity contribution is 9.10. The number of aromatic nitrogens is 1. The Bertz CT molecular complexity index is 504. The van der Waals surface area contributed by atoms with Gasteiger partial charge in [0.15, 0.2) is 5.11 Å². The molecular formula is C13H21BrN5O2S+. The lowest BCUT2D eigenvalue weighted by molar-refractivity contribution is -0.908. The molecule has 1 saturated heterocycles. The van der Waals surface area contributed by atoms with E-state index in [-0.39, 0.29) is 5.91 Å². The number of nitrogens with one attached hydrogen (secondary N) is 5. The lowest BCUT2D eigenvalue weighted by atomic mass is 10.3. The van der Waals surface area contributed by atoms with Crippen LogP contribution in [0.5, 0.6) is 0 Å². The average Bonchev–Trinajstić information content (AvgIpc) is 2.97. The SMILES string of the molecule is O=C(NNC(=S)NCCC[NH+]1CCOCC1)c1cc(Br)c[nH]1. The van der Waals surface area contributed by atoms with Crippen LogP contribution in [0.2, 0.25) is 0 Å². The highest BCUT2D eigenvalue weighted by Gasteiger charge is 2.12. The third-order valence-corrected chi connectivity index (χ3v) is 4.08. The zero-order valence-corrected chi connectivity index (χ0v) is 14.6. The molecule has 22 heavy (non-hydrogen) atoms. The second kappa shape index (κ2) is 9.09. The van der Waals surface area contributed by atoms with Gasteiger partial charge in [-0.1, -0.05) is 0 Å². The topological polar surface area (TPSA) is 82.6 Å². The van der Waals surface area contributed by atoms with E-state index in [4.69, 9.17) is 17.0 Å². The minimum Gasteiger partial charge on any atom is -0.370 e. The van der Waals surface area contributed by atoms with Crippen molar-refractivity contribution in [3.05, 3.63) is 22.4 Å². The van der Waals surface area contributed by atoms with E-state index >= 15 is 0 Å². The molecule has 0 aromatic carbocycles. The van der Waals surface area contributed by atoms with Gasteiger partial charge < -0.3 is 19.9 Å². The first-order chi connectivity index (χ1) is 10.6. The predicted molar refractivity (Wildman–Crippen MR) is 90.7 cm³/mol. The molecule has 2 heterocycles. The number of morpholine rings is 1. The van der Waals surface area contributed by atoms with Gasteiger partial charge in [0.2, 0.25) is 0 Å². The molecule has 1 aliphatic heterocycles. The Labute approximate surface area is 143 Å². The molecule has 1 aromatic heterocycles. The van der Waals surface area contributed by atoms with Crippen molar-refractivity contribution in [2.24, 2.45) is 0 Å². The number of quaternary nitrogens is 1. The van der Waals surface area contributed by atoms with Crippen molar-refractivity contribution >= 4 is 39.2 Å². The first-order valence-electron chi connectivity index (χ1n) is 7.24. The summed E-state index contributed by atoms with van der Waals surface area (Å²) in [5, 5.41) is 3.49. The van der Waals surface area contributed by atoms with Gasteiger partial charge in [0, 0.05) is 23.6 Å². The number of amides is 1. The van der Waals surface area contributed by atoms with Crippen molar-refractivity contribution in [3.8, 4) is 0 Å². The number of hydrogen-bond donors (Lipinski definition) is 5. The third-order valence-electron chi connectivity index (χ3n) is 3.37. The average molecular weight is 391 g/mol. The number of ether oxygens (including phenoxy) is 1. The normalized spacial score (nSPS) is 15.3. The Morgan fingerprint density at radius 3 is 2.86 bits per heavy atom. The minimum absolute atomic E-state index is 0.271. The molecule has 0 radical (unpaired) electrons. The molecule has 0 bridgehead atoms. The molecule has 0 spiro atoms. The van der Waals surface area contributed by atoms with Crippen molar-refractivity contribution in [3.63, 3.8) is 0 Å². The molecule has 0 aliphatic carbocycles. The van der Waals surface area contributed by atoms with Crippen LogP contribution in [0.4, 0.5) is 0 Å². The number of halogens is 1. The first-order valence-corrected chi connectivity index (χ1v) is 8.44. The van der Waals surface area contributed by atoms with E-state index in [2.05, 4.69) is 37.1 Å². The molecule has 1 fully saturated rings. The van der Waals surface area contributed by atoms with Crippen LogP contribution < -0.4 is 21.1 Å². The van der Waals surface area contributed by atoms with Crippen molar-refractivity contribution in [2.45, 2.75) is 6.42 Å². The Kier molecular flexibility index (Phi) is 7.10. The summed E-state index contributed by atoms with van der Waals surface area (Å²) in [5.41, 5.74) is 5.68. The molecule has 1 aliphatic rings. The van der Waals surface area contributed by atoms with Gasteiger partial charge in [-0.15, -0.1) is 0 Å². The van der Waals surface area contributed by atoms with Gasteiger partial charge in [0.05, 0.1) is 19.8 Å². The summed E-state index contributed by atoms with van der Waals surface area (Å²) in [6.45, 7) is 5.73. The van der Waals surface area contributed by atoms with Gasteiger partial charge in [-0.2, -0.15) is 0 Å². The molecule has 5 N–H and O–H groups in total. The Morgan fingerprint density at radius 2 is 2.18 bits per heavy atom. The second-order valence-electron chi connectivity index (χ2n) is 5.03. The third kappa shape index (κ3) is 5.91. The lowest BCUT2D eigenvalue weighted by Crippen LogP contribution is -3.14. The van der Waals surface area contributed by atoms with Crippen LogP contribution in [-0.2, 0) is 4.74 Å². The fourth-order valence-corrected chi connectivity index (χ4v) is 2.67. The molecule has 0 unspecified atom stereocenters. The standard InChI is InChI=1S/C13H20BrN5O2S/c14-10-8-11(16-9-10)12(20)17-18-13(22)15-2-1-3-19-4-6-21-7-5-19/h8-9,16H,1-7H2,(H,17,20)(H2,15,18,22)/p+1. The predicted octanol–water partition coefficient (Wildman–Crippen LogP) is -0.809. The molecule has 1 aromatic rings. The van der Waals surface area contributed by atoms with Gasteiger partial charge in [0.1, 0.15) is 18.8 Å². The lowest BCUT2D eigenvalue weighted by Gasteiger charge is -2.23. The van der Waals surface area contributed by atoms with E-state index in [9.17, 15) is 4.79 Å². The maximum atomic E-state index is 11.8. The van der Waals surface area contributed by atoms with E-state index in [1.165, 1.54) is 0 Å². The molecular weight excluding hydrogens is 370 g/mol. The highest BCUT2D eigenvalue weighted by atomic mass is 79.9. The maximum Gasteiger partial charge on any atom is 0.286 e. The van der Waals surface area contributed by atoms with Crippen molar-refractivity contribution in [2.75, 3.05) is 39.4 Å². The van der Waals surface area contributed by atoms with Crippen LogP contribution in [0.25, 0.3) is 0 Å². The number of hydrazine groups is 1. The monoisotopic (exact) mass is 390 g/mol. The number of aromatic amines is 1. The fraction of sp³-hybridized carbons (Fsp3) is 0.538. The number of hydrogen-bond acceptors (Lipinski definition) is 3.